The molecule has 2 heterocycles. The molecular formula is C15H12N2O. The second-order valence-electron chi connectivity index (χ2n) is 4.19. The van der Waals surface area contributed by atoms with Crippen LogP contribution in [0, 0.1) is 0 Å². The largest absolute Gasteiger partial charge is 0.350 e. The Bertz CT molecular complexity index is 721. The first-order valence-corrected chi connectivity index (χ1v) is 5.82. The maximum Gasteiger partial charge on any atom is 0.181 e. The number of fused-ring (bicyclic) bond motifs is 1. The van der Waals surface area contributed by atoms with E-state index in [0.29, 0.717) is 0 Å². The number of hydrogen-bond donors (Lipinski definition) is 0. The molecule has 18 heavy (non-hydrogen) atoms. The molecule has 0 atom stereocenters. The molecule has 0 radical (unpaired) electrons. The predicted octanol–water partition coefficient (Wildman–Crippen LogP) is 2.44. The molecule has 0 saturated heterocycles. The molecule has 0 bridgehead atoms. The zero-order chi connectivity index (χ0) is 12.4. The van der Waals surface area contributed by atoms with Gasteiger partial charge in [-0.1, -0.05) is 18.2 Å². The maximum absolute atomic E-state index is 11.1. The van der Waals surface area contributed by atoms with Gasteiger partial charge in [-0.3, -0.25) is 9.78 Å². The SMILES string of the molecule is O=c1ccn(Cc2ccnc3ccccc23)cc1. The van der Waals surface area contributed by atoms with Gasteiger partial charge in [-0.25, -0.2) is 0 Å². The van der Waals surface area contributed by atoms with Gasteiger partial charge in [0.2, 0.25) is 0 Å². The van der Waals surface area contributed by atoms with Crippen molar-refractivity contribution >= 4 is 10.9 Å². The third-order valence-corrected chi connectivity index (χ3v) is 2.95. The summed E-state index contributed by atoms with van der Waals surface area (Å²) in [5, 5.41) is 1.15. The van der Waals surface area contributed by atoms with Gasteiger partial charge in [0.05, 0.1) is 5.52 Å². The number of hydrogen-bond acceptors (Lipinski definition) is 2. The molecule has 1 aromatic carbocycles. The Labute approximate surface area is 104 Å². The molecular weight excluding hydrogens is 224 g/mol. The van der Waals surface area contributed by atoms with E-state index in [-0.39, 0.29) is 5.43 Å². The Morgan fingerprint density at radius 1 is 1.00 bits per heavy atom. The number of rotatable bonds is 2. The van der Waals surface area contributed by atoms with Crippen LogP contribution >= 0.6 is 0 Å². The number of pyridine rings is 2. The Morgan fingerprint density at radius 2 is 1.78 bits per heavy atom. The average Bonchev–Trinajstić information content (AvgIpc) is 2.42. The van der Waals surface area contributed by atoms with Crippen LogP contribution in [-0.4, -0.2) is 9.55 Å². The van der Waals surface area contributed by atoms with Gasteiger partial charge in [0, 0.05) is 42.7 Å². The van der Waals surface area contributed by atoms with Crippen molar-refractivity contribution in [3.8, 4) is 0 Å². The van der Waals surface area contributed by atoms with Gasteiger partial charge in [0.15, 0.2) is 5.43 Å². The maximum atomic E-state index is 11.1. The lowest BCUT2D eigenvalue weighted by Crippen LogP contribution is -2.05. The lowest BCUT2D eigenvalue weighted by molar-refractivity contribution is 0.793. The topological polar surface area (TPSA) is 34.9 Å². The van der Waals surface area contributed by atoms with Gasteiger partial charge in [-0.15, -0.1) is 0 Å². The van der Waals surface area contributed by atoms with Gasteiger partial charge >= 0.3 is 0 Å². The first-order chi connectivity index (χ1) is 8.83. The van der Waals surface area contributed by atoms with Crippen LogP contribution in [0.5, 0.6) is 0 Å². The van der Waals surface area contributed by atoms with Crippen LogP contribution in [0.1, 0.15) is 5.56 Å². The Hall–Kier alpha value is -2.42. The van der Waals surface area contributed by atoms with Crippen molar-refractivity contribution in [2.24, 2.45) is 0 Å². The molecule has 0 N–H and O–H groups in total. The van der Waals surface area contributed by atoms with Crippen molar-refractivity contribution < 1.29 is 0 Å². The molecule has 0 aliphatic carbocycles. The third kappa shape index (κ3) is 2.02. The van der Waals surface area contributed by atoms with Gasteiger partial charge in [0.1, 0.15) is 0 Å². The van der Waals surface area contributed by atoms with Gasteiger partial charge in [-0.05, 0) is 17.7 Å². The summed E-state index contributed by atoms with van der Waals surface area (Å²) in [5.41, 5.74) is 2.23. The highest BCUT2D eigenvalue weighted by molar-refractivity contribution is 5.81. The van der Waals surface area contributed by atoms with Crippen LogP contribution in [0.2, 0.25) is 0 Å². The van der Waals surface area contributed by atoms with Gasteiger partial charge in [-0.2, -0.15) is 0 Å². The van der Waals surface area contributed by atoms with E-state index >= 15 is 0 Å². The summed E-state index contributed by atoms with van der Waals surface area (Å²) in [5.74, 6) is 0. The molecule has 3 heteroatoms. The smallest absolute Gasteiger partial charge is 0.181 e. The fourth-order valence-corrected chi connectivity index (χ4v) is 2.04. The number of benzene rings is 1. The van der Waals surface area contributed by atoms with E-state index in [1.165, 1.54) is 5.56 Å². The van der Waals surface area contributed by atoms with Crippen molar-refractivity contribution in [1.82, 2.24) is 9.55 Å². The van der Waals surface area contributed by atoms with E-state index in [2.05, 4.69) is 11.1 Å². The van der Waals surface area contributed by atoms with Crippen LogP contribution in [0.15, 0.2) is 65.8 Å². The van der Waals surface area contributed by atoms with Gasteiger partial charge in [0.25, 0.3) is 0 Å². The van der Waals surface area contributed by atoms with E-state index in [0.717, 1.165) is 17.4 Å². The van der Waals surface area contributed by atoms with Crippen molar-refractivity contribution in [3.05, 3.63) is 76.8 Å². The summed E-state index contributed by atoms with van der Waals surface area (Å²) >= 11 is 0. The summed E-state index contributed by atoms with van der Waals surface area (Å²) in [6.45, 7) is 0.739. The van der Waals surface area contributed by atoms with E-state index in [9.17, 15) is 4.79 Å². The van der Waals surface area contributed by atoms with Crippen molar-refractivity contribution in [2.75, 3.05) is 0 Å². The molecule has 0 amide bonds. The number of aromatic nitrogens is 2. The first kappa shape index (κ1) is 10.7. The Balaban J connectivity index is 2.04. The van der Waals surface area contributed by atoms with Crippen LogP contribution in [0.4, 0.5) is 0 Å². The highest BCUT2D eigenvalue weighted by atomic mass is 16.1. The molecule has 3 aromatic rings. The first-order valence-electron chi connectivity index (χ1n) is 5.82. The molecule has 0 spiro atoms. The van der Waals surface area contributed by atoms with Crippen LogP contribution in [0.25, 0.3) is 10.9 Å². The molecule has 0 aliphatic heterocycles. The molecule has 0 aliphatic rings. The van der Waals surface area contributed by atoms with Crippen LogP contribution in [-0.2, 0) is 6.54 Å². The highest BCUT2D eigenvalue weighted by Gasteiger charge is 2.01. The molecule has 2 aromatic heterocycles. The third-order valence-electron chi connectivity index (χ3n) is 2.95. The van der Waals surface area contributed by atoms with E-state index in [1.54, 1.807) is 24.5 Å². The second kappa shape index (κ2) is 4.45. The van der Waals surface area contributed by atoms with Crippen molar-refractivity contribution in [1.29, 1.82) is 0 Å². The zero-order valence-electron chi connectivity index (χ0n) is 9.78. The molecule has 0 unspecified atom stereocenters. The minimum absolute atomic E-state index is 0.0332. The minimum Gasteiger partial charge on any atom is -0.350 e. The molecule has 88 valence electrons. The Morgan fingerprint density at radius 3 is 2.61 bits per heavy atom. The van der Waals surface area contributed by atoms with E-state index in [1.807, 2.05) is 35.0 Å². The summed E-state index contributed by atoms with van der Waals surface area (Å²) in [6.07, 6.45) is 5.43. The lowest BCUT2D eigenvalue weighted by atomic mass is 10.1. The van der Waals surface area contributed by atoms with Crippen LogP contribution < -0.4 is 5.43 Å². The quantitative estimate of drug-likeness (QED) is 0.685. The van der Waals surface area contributed by atoms with Crippen molar-refractivity contribution in [2.45, 2.75) is 6.54 Å². The van der Waals surface area contributed by atoms with E-state index < -0.39 is 0 Å². The molecule has 0 fully saturated rings. The zero-order valence-corrected chi connectivity index (χ0v) is 9.78. The summed E-state index contributed by atoms with van der Waals surface area (Å²) < 4.78 is 1.99. The highest BCUT2D eigenvalue weighted by Crippen LogP contribution is 2.16. The summed E-state index contributed by atoms with van der Waals surface area (Å²) in [7, 11) is 0. The predicted molar refractivity (Wildman–Crippen MR) is 71.5 cm³/mol. The average molecular weight is 236 g/mol. The van der Waals surface area contributed by atoms with Gasteiger partial charge < -0.3 is 4.57 Å². The molecule has 3 nitrogen and oxygen atoms in total. The lowest BCUT2D eigenvalue weighted by Gasteiger charge is -2.08. The molecule has 0 saturated carbocycles. The fraction of sp³-hybridized carbons (Fsp3) is 0.0667. The molecule has 3 rings (SSSR count). The van der Waals surface area contributed by atoms with Crippen molar-refractivity contribution in [3.63, 3.8) is 0 Å². The van der Waals surface area contributed by atoms with E-state index in [4.69, 9.17) is 0 Å². The number of para-hydroxylation sites is 1. The Kier molecular flexibility index (Phi) is 2.65. The van der Waals surface area contributed by atoms with Crippen LogP contribution in [0.3, 0.4) is 0 Å². The summed E-state index contributed by atoms with van der Waals surface area (Å²) in [6, 6.07) is 13.2. The minimum atomic E-state index is 0.0332. The monoisotopic (exact) mass is 236 g/mol. The fourth-order valence-electron chi connectivity index (χ4n) is 2.04. The second-order valence-corrected chi connectivity index (χ2v) is 4.19. The summed E-state index contributed by atoms with van der Waals surface area (Å²) in [4.78, 5) is 15.4. The standard InChI is InChI=1S/C15H12N2O/c18-13-6-9-17(10-7-13)11-12-5-8-16-15-4-2-1-3-14(12)15/h1-10H,11H2. The number of nitrogens with zero attached hydrogens (tertiary/aromatic N) is 2. The normalized spacial score (nSPS) is 10.7.